The third-order valence-electron chi connectivity index (χ3n) is 1.97. The summed E-state index contributed by atoms with van der Waals surface area (Å²) in [5.41, 5.74) is 0. The zero-order chi connectivity index (χ0) is 11.0. The van der Waals surface area contributed by atoms with Crippen LogP contribution in [0.1, 0.15) is 33.6 Å². The highest BCUT2D eigenvalue weighted by Gasteiger charge is 2.07. The first-order valence-corrected chi connectivity index (χ1v) is 5.22. The van der Waals surface area contributed by atoms with Crippen molar-refractivity contribution in [2.45, 2.75) is 38.9 Å². The third kappa shape index (κ3) is 6.92. The normalized spacial score (nSPS) is 16.1. The van der Waals surface area contributed by atoms with Gasteiger partial charge in [0, 0.05) is 6.42 Å². The smallest absolute Gasteiger partial charge is 0.0798 e. The van der Waals surface area contributed by atoms with Gasteiger partial charge in [0.15, 0.2) is 0 Å². The zero-order valence-electron chi connectivity index (χ0n) is 9.17. The number of rotatable bonds is 4. The average Bonchev–Trinajstić information content (AvgIpc) is 2.14. The van der Waals surface area contributed by atoms with Crippen LogP contribution < -0.4 is 0 Å². The molecule has 0 fully saturated rings. The lowest BCUT2D eigenvalue weighted by Crippen LogP contribution is -2.00. The second-order valence-corrected chi connectivity index (χ2v) is 4.05. The molecule has 0 spiro atoms. The zero-order valence-corrected chi connectivity index (χ0v) is 10.1. The summed E-state index contributed by atoms with van der Waals surface area (Å²) >= 11 is 4.29. The first kappa shape index (κ1) is 13.5. The quantitative estimate of drug-likeness (QED) is 0.308. The van der Waals surface area contributed by atoms with Gasteiger partial charge in [0.1, 0.15) is 0 Å². The van der Waals surface area contributed by atoms with Gasteiger partial charge in [-0.05, 0) is 11.8 Å². The minimum absolute atomic E-state index is 0.221. The van der Waals surface area contributed by atoms with Crippen LogP contribution in [0.5, 0.6) is 0 Å². The fourth-order valence-corrected chi connectivity index (χ4v) is 0.900. The van der Waals surface area contributed by atoms with E-state index in [0.29, 0.717) is 6.42 Å². The standard InChI is InChI=1S/C12H17BS/c1-4-6-8-11(14)9-7-10-12(3,13)5-2/h7,9-10,14H,5,8H2,1-3H3/b10-7-,11-9+. The van der Waals surface area contributed by atoms with Crippen LogP contribution in [0.25, 0.3) is 0 Å². The van der Waals surface area contributed by atoms with E-state index >= 15 is 0 Å². The van der Waals surface area contributed by atoms with Gasteiger partial charge in [-0.2, -0.15) is 0 Å². The fourth-order valence-electron chi connectivity index (χ4n) is 0.735. The summed E-state index contributed by atoms with van der Waals surface area (Å²) in [5.74, 6) is 5.78. The largest absolute Gasteiger partial charge is 0.147 e. The molecule has 0 N–H and O–H groups in total. The van der Waals surface area contributed by atoms with Crippen molar-refractivity contribution >= 4 is 20.5 Å². The maximum atomic E-state index is 5.93. The van der Waals surface area contributed by atoms with Crippen LogP contribution in [0.3, 0.4) is 0 Å². The molecule has 14 heavy (non-hydrogen) atoms. The van der Waals surface area contributed by atoms with Gasteiger partial charge >= 0.3 is 0 Å². The van der Waals surface area contributed by atoms with Gasteiger partial charge in [-0.15, -0.1) is 18.5 Å². The second-order valence-electron chi connectivity index (χ2n) is 3.48. The van der Waals surface area contributed by atoms with Crippen LogP contribution in [-0.4, -0.2) is 7.85 Å². The van der Waals surface area contributed by atoms with Crippen LogP contribution in [0.15, 0.2) is 23.1 Å². The maximum Gasteiger partial charge on any atom is 0.0798 e. The molecular formula is C12H17BS. The van der Waals surface area contributed by atoms with E-state index in [1.165, 1.54) is 0 Å². The Morgan fingerprint density at radius 2 is 2.21 bits per heavy atom. The summed E-state index contributed by atoms with van der Waals surface area (Å²) in [5, 5.41) is -0.221. The Balaban J connectivity index is 4.18. The molecule has 0 nitrogen and oxygen atoms in total. The summed E-state index contributed by atoms with van der Waals surface area (Å²) < 4.78 is 0. The van der Waals surface area contributed by atoms with Gasteiger partial charge in [0.25, 0.3) is 0 Å². The Labute approximate surface area is 94.7 Å². The molecule has 0 aromatic rings. The van der Waals surface area contributed by atoms with E-state index in [1.54, 1.807) is 0 Å². The molecule has 1 atom stereocenters. The molecule has 0 bridgehead atoms. The lowest BCUT2D eigenvalue weighted by molar-refractivity contribution is 0.725. The highest BCUT2D eigenvalue weighted by atomic mass is 32.1. The molecule has 0 heterocycles. The summed E-state index contributed by atoms with van der Waals surface area (Å²) in [4.78, 5) is 0.961. The summed E-state index contributed by atoms with van der Waals surface area (Å²) in [7, 11) is 5.93. The van der Waals surface area contributed by atoms with Crippen molar-refractivity contribution in [1.82, 2.24) is 0 Å². The molecule has 0 rings (SSSR count). The highest BCUT2D eigenvalue weighted by molar-refractivity contribution is 7.84. The molecule has 74 valence electrons. The molecule has 2 radical (unpaired) electrons. The van der Waals surface area contributed by atoms with E-state index in [-0.39, 0.29) is 5.31 Å². The number of thiol groups is 1. The molecule has 0 aliphatic rings. The Morgan fingerprint density at radius 3 is 2.71 bits per heavy atom. The van der Waals surface area contributed by atoms with Crippen molar-refractivity contribution in [3.05, 3.63) is 23.1 Å². The Hall–Kier alpha value is -0.545. The van der Waals surface area contributed by atoms with Crippen LogP contribution >= 0.6 is 12.6 Å². The van der Waals surface area contributed by atoms with Crippen molar-refractivity contribution in [3.8, 4) is 11.8 Å². The second kappa shape index (κ2) is 6.84. The van der Waals surface area contributed by atoms with E-state index in [2.05, 4.69) is 31.4 Å². The van der Waals surface area contributed by atoms with Crippen molar-refractivity contribution < 1.29 is 0 Å². The fraction of sp³-hybridized carbons (Fsp3) is 0.500. The van der Waals surface area contributed by atoms with E-state index < -0.39 is 0 Å². The third-order valence-corrected chi connectivity index (χ3v) is 2.28. The first-order valence-electron chi connectivity index (χ1n) is 4.77. The Kier molecular flexibility index (Phi) is 6.58. The van der Waals surface area contributed by atoms with E-state index in [0.717, 1.165) is 11.3 Å². The topological polar surface area (TPSA) is 0 Å². The predicted octanol–water partition coefficient (Wildman–Crippen LogP) is 3.53. The lowest BCUT2D eigenvalue weighted by atomic mass is 9.68. The average molecular weight is 204 g/mol. The molecule has 0 aromatic heterocycles. The van der Waals surface area contributed by atoms with Crippen LogP contribution in [0.2, 0.25) is 5.31 Å². The Morgan fingerprint density at radius 1 is 1.57 bits per heavy atom. The molecule has 1 unspecified atom stereocenters. The maximum absolute atomic E-state index is 5.93. The summed E-state index contributed by atoms with van der Waals surface area (Å²) in [6.07, 6.45) is 7.51. The van der Waals surface area contributed by atoms with Crippen LogP contribution in [0.4, 0.5) is 0 Å². The van der Waals surface area contributed by atoms with Gasteiger partial charge in [-0.25, -0.2) is 0 Å². The van der Waals surface area contributed by atoms with E-state index in [1.807, 2.05) is 32.1 Å². The summed E-state index contributed by atoms with van der Waals surface area (Å²) in [6, 6.07) is 0. The van der Waals surface area contributed by atoms with Crippen molar-refractivity contribution in [2.75, 3.05) is 0 Å². The number of allylic oxidation sites excluding steroid dienone is 4. The van der Waals surface area contributed by atoms with Gasteiger partial charge < -0.3 is 0 Å². The SMILES string of the molecule is [B]C(C)(/C=C\C=C(\S)CC#CC)CC. The van der Waals surface area contributed by atoms with Gasteiger partial charge in [0.05, 0.1) is 7.85 Å². The number of hydrogen-bond donors (Lipinski definition) is 1. The van der Waals surface area contributed by atoms with Crippen LogP contribution in [-0.2, 0) is 0 Å². The van der Waals surface area contributed by atoms with Gasteiger partial charge in [-0.1, -0.05) is 49.7 Å². The van der Waals surface area contributed by atoms with E-state index in [4.69, 9.17) is 7.85 Å². The number of hydrogen-bond acceptors (Lipinski definition) is 1. The first-order chi connectivity index (χ1) is 6.52. The monoisotopic (exact) mass is 204 g/mol. The van der Waals surface area contributed by atoms with E-state index in [9.17, 15) is 0 Å². The molecule has 0 amide bonds. The molecule has 0 saturated heterocycles. The molecule has 0 saturated carbocycles. The molecular weight excluding hydrogens is 187 g/mol. The van der Waals surface area contributed by atoms with Crippen LogP contribution in [0, 0.1) is 11.8 Å². The van der Waals surface area contributed by atoms with Crippen molar-refractivity contribution in [1.29, 1.82) is 0 Å². The highest BCUT2D eigenvalue weighted by Crippen LogP contribution is 2.26. The summed E-state index contributed by atoms with van der Waals surface area (Å²) in [6.45, 7) is 5.89. The lowest BCUT2D eigenvalue weighted by Gasteiger charge is -2.16. The minimum atomic E-state index is -0.221. The Bertz CT molecular complexity index is 276. The molecule has 0 aromatic carbocycles. The molecule has 0 aliphatic carbocycles. The van der Waals surface area contributed by atoms with Crippen molar-refractivity contribution in [3.63, 3.8) is 0 Å². The van der Waals surface area contributed by atoms with Crippen molar-refractivity contribution in [2.24, 2.45) is 0 Å². The molecule has 0 aliphatic heterocycles. The van der Waals surface area contributed by atoms with Gasteiger partial charge in [0.2, 0.25) is 0 Å². The predicted molar refractivity (Wildman–Crippen MR) is 68.7 cm³/mol. The van der Waals surface area contributed by atoms with Gasteiger partial charge in [-0.3, -0.25) is 0 Å². The molecule has 2 heteroatoms. The minimum Gasteiger partial charge on any atom is -0.147 e.